The van der Waals surface area contributed by atoms with Crippen LogP contribution in [0.2, 0.25) is 0 Å². The molecule has 2 N–H and O–H groups in total. The summed E-state index contributed by atoms with van der Waals surface area (Å²) >= 11 is 0. The number of rotatable bonds is 1. The summed E-state index contributed by atoms with van der Waals surface area (Å²) in [6, 6.07) is 3.86. The monoisotopic (exact) mass is 188 g/mol. The molecule has 2 aromatic heterocycles. The van der Waals surface area contributed by atoms with Gasteiger partial charge in [-0.25, -0.2) is 9.67 Å². The van der Waals surface area contributed by atoms with E-state index in [1.807, 2.05) is 32.2 Å². The molecule has 0 radical (unpaired) electrons. The van der Waals surface area contributed by atoms with Gasteiger partial charge in [0.1, 0.15) is 0 Å². The molecule has 0 saturated heterocycles. The molecular weight excluding hydrogens is 176 g/mol. The zero-order valence-electron chi connectivity index (χ0n) is 8.23. The Bertz CT molecular complexity index is 459. The SMILES string of the molecule is Cc1ccn(-c2cc(C)c(N)cn2)n1. The second kappa shape index (κ2) is 3.14. The van der Waals surface area contributed by atoms with Crippen LogP contribution < -0.4 is 5.73 Å². The molecule has 14 heavy (non-hydrogen) atoms. The zero-order valence-corrected chi connectivity index (χ0v) is 8.23. The summed E-state index contributed by atoms with van der Waals surface area (Å²) in [6.45, 7) is 3.90. The van der Waals surface area contributed by atoms with Crippen molar-refractivity contribution >= 4 is 5.69 Å². The van der Waals surface area contributed by atoms with E-state index in [4.69, 9.17) is 5.73 Å². The molecule has 2 rings (SSSR count). The van der Waals surface area contributed by atoms with E-state index in [0.717, 1.165) is 17.1 Å². The highest BCUT2D eigenvalue weighted by Crippen LogP contribution is 2.12. The fraction of sp³-hybridized carbons (Fsp3) is 0.200. The van der Waals surface area contributed by atoms with Crippen LogP contribution >= 0.6 is 0 Å². The number of anilines is 1. The summed E-state index contributed by atoms with van der Waals surface area (Å²) in [5.74, 6) is 0.796. The summed E-state index contributed by atoms with van der Waals surface area (Å²) in [5.41, 5.74) is 8.38. The molecule has 0 atom stereocenters. The van der Waals surface area contributed by atoms with Gasteiger partial charge in [0.05, 0.1) is 17.6 Å². The number of hydrogen-bond donors (Lipinski definition) is 1. The Labute approximate surface area is 82.4 Å². The molecule has 0 aromatic carbocycles. The quantitative estimate of drug-likeness (QED) is 0.737. The van der Waals surface area contributed by atoms with E-state index < -0.39 is 0 Å². The average Bonchev–Trinajstić information content (AvgIpc) is 2.57. The maximum absolute atomic E-state index is 5.68. The van der Waals surface area contributed by atoms with Crippen molar-refractivity contribution in [1.82, 2.24) is 14.8 Å². The Hall–Kier alpha value is -1.84. The van der Waals surface area contributed by atoms with Gasteiger partial charge in [-0.2, -0.15) is 5.10 Å². The van der Waals surface area contributed by atoms with Crippen molar-refractivity contribution in [2.24, 2.45) is 0 Å². The van der Waals surface area contributed by atoms with Crippen LogP contribution in [0.4, 0.5) is 5.69 Å². The molecule has 4 nitrogen and oxygen atoms in total. The van der Waals surface area contributed by atoms with Crippen LogP contribution in [-0.4, -0.2) is 14.8 Å². The first-order valence-electron chi connectivity index (χ1n) is 4.41. The van der Waals surface area contributed by atoms with Gasteiger partial charge in [-0.1, -0.05) is 0 Å². The Morgan fingerprint density at radius 2 is 2.14 bits per heavy atom. The van der Waals surface area contributed by atoms with Gasteiger partial charge in [-0.05, 0) is 31.5 Å². The Morgan fingerprint density at radius 3 is 2.71 bits per heavy atom. The lowest BCUT2D eigenvalue weighted by Crippen LogP contribution is -2.00. The molecule has 0 aliphatic carbocycles. The number of aryl methyl sites for hydroxylation is 2. The highest BCUT2D eigenvalue weighted by atomic mass is 15.3. The molecule has 0 fully saturated rings. The summed E-state index contributed by atoms with van der Waals surface area (Å²) in [6.07, 6.45) is 3.54. The fourth-order valence-corrected chi connectivity index (χ4v) is 1.22. The number of aromatic nitrogens is 3. The third kappa shape index (κ3) is 1.46. The molecule has 0 bridgehead atoms. The smallest absolute Gasteiger partial charge is 0.153 e. The van der Waals surface area contributed by atoms with Crippen LogP contribution in [0, 0.1) is 13.8 Å². The maximum atomic E-state index is 5.68. The molecule has 0 amide bonds. The number of hydrogen-bond acceptors (Lipinski definition) is 3. The van der Waals surface area contributed by atoms with E-state index in [-0.39, 0.29) is 0 Å². The van der Waals surface area contributed by atoms with E-state index in [9.17, 15) is 0 Å². The first kappa shape index (κ1) is 8.74. The van der Waals surface area contributed by atoms with Crippen molar-refractivity contribution in [2.45, 2.75) is 13.8 Å². The largest absolute Gasteiger partial charge is 0.397 e. The lowest BCUT2D eigenvalue weighted by Gasteiger charge is -2.03. The molecule has 0 unspecified atom stereocenters. The number of nitrogen functional groups attached to an aromatic ring is 1. The van der Waals surface area contributed by atoms with Gasteiger partial charge in [-0.3, -0.25) is 0 Å². The number of nitrogens with two attached hydrogens (primary N) is 1. The summed E-state index contributed by atoms with van der Waals surface area (Å²) in [7, 11) is 0. The van der Waals surface area contributed by atoms with Gasteiger partial charge in [0.2, 0.25) is 0 Å². The van der Waals surface area contributed by atoms with Crippen LogP contribution in [0.1, 0.15) is 11.3 Å². The number of pyridine rings is 1. The standard InChI is InChI=1S/C10H12N4/c1-7-5-10(12-6-9(7)11)14-4-3-8(2)13-14/h3-6H,11H2,1-2H3. The van der Waals surface area contributed by atoms with E-state index in [0.29, 0.717) is 5.69 Å². The third-order valence-corrected chi connectivity index (χ3v) is 2.09. The predicted octanol–water partition coefficient (Wildman–Crippen LogP) is 1.47. The summed E-state index contributed by atoms with van der Waals surface area (Å²) < 4.78 is 1.74. The maximum Gasteiger partial charge on any atom is 0.153 e. The fourth-order valence-electron chi connectivity index (χ4n) is 1.22. The van der Waals surface area contributed by atoms with E-state index in [1.165, 1.54) is 0 Å². The normalized spacial score (nSPS) is 10.4. The summed E-state index contributed by atoms with van der Waals surface area (Å²) in [4.78, 5) is 4.20. The Morgan fingerprint density at radius 1 is 1.36 bits per heavy atom. The molecule has 0 aliphatic heterocycles. The van der Waals surface area contributed by atoms with Crippen molar-refractivity contribution in [2.75, 3.05) is 5.73 Å². The molecule has 2 aromatic rings. The van der Waals surface area contributed by atoms with Crippen molar-refractivity contribution < 1.29 is 0 Å². The first-order chi connectivity index (χ1) is 6.66. The van der Waals surface area contributed by atoms with Gasteiger partial charge in [0.25, 0.3) is 0 Å². The molecule has 0 spiro atoms. The van der Waals surface area contributed by atoms with Gasteiger partial charge >= 0.3 is 0 Å². The van der Waals surface area contributed by atoms with E-state index in [2.05, 4.69) is 10.1 Å². The van der Waals surface area contributed by atoms with E-state index in [1.54, 1.807) is 10.9 Å². The molecule has 72 valence electrons. The van der Waals surface area contributed by atoms with Crippen molar-refractivity contribution in [1.29, 1.82) is 0 Å². The van der Waals surface area contributed by atoms with Crippen LogP contribution in [-0.2, 0) is 0 Å². The molecular formula is C10H12N4. The minimum absolute atomic E-state index is 0.706. The van der Waals surface area contributed by atoms with Gasteiger partial charge in [-0.15, -0.1) is 0 Å². The first-order valence-corrected chi connectivity index (χ1v) is 4.41. The lowest BCUT2D eigenvalue weighted by molar-refractivity contribution is 0.831. The molecule has 4 heteroatoms. The number of nitrogens with zero attached hydrogens (tertiary/aromatic N) is 3. The lowest BCUT2D eigenvalue weighted by atomic mass is 10.2. The van der Waals surface area contributed by atoms with E-state index >= 15 is 0 Å². The molecule has 0 aliphatic rings. The van der Waals surface area contributed by atoms with Crippen LogP contribution in [0.25, 0.3) is 5.82 Å². The third-order valence-electron chi connectivity index (χ3n) is 2.09. The van der Waals surface area contributed by atoms with Crippen molar-refractivity contribution in [3.8, 4) is 5.82 Å². The van der Waals surface area contributed by atoms with Gasteiger partial charge in [0, 0.05) is 6.20 Å². The van der Waals surface area contributed by atoms with Gasteiger partial charge in [0.15, 0.2) is 5.82 Å². The van der Waals surface area contributed by atoms with Crippen molar-refractivity contribution in [3.63, 3.8) is 0 Å². The second-order valence-electron chi connectivity index (χ2n) is 3.30. The molecule has 0 saturated carbocycles. The highest BCUT2D eigenvalue weighted by molar-refractivity contribution is 5.46. The minimum Gasteiger partial charge on any atom is -0.397 e. The highest BCUT2D eigenvalue weighted by Gasteiger charge is 2.01. The zero-order chi connectivity index (χ0) is 10.1. The minimum atomic E-state index is 0.706. The summed E-state index contributed by atoms with van der Waals surface area (Å²) in [5, 5.41) is 4.27. The van der Waals surface area contributed by atoms with Crippen molar-refractivity contribution in [3.05, 3.63) is 35.8 Å². The van der Waals surface area contributed by atoms with Crippen LogP contribution in [0.15, 0.2) is 24.5 Å². The average molecular weight is 188 g/mol. The molecule has 2 heterocycles. The topological polar surface area (TPSA) is 56.7 Å². The predicted molar refractivity (Wildman–Crippen MR) is 55.2 cm³/mol. The Kier molecular flexibility index (Phi) is 1.96. The van der Waals surface area contributed by atoms with Gasteiger partial charge < -0.3 is 5.73 Å². The Balaban J connectivity index is 2.47. The second-order valence-corrected chi connectivity index (χ2v) is 3.30. The van der Waals surface area contributed by atoms with Crippen LogP contribution in [0.3, 0.4) is 0 Å². The van der Waals surface area contributed by atoms with Crippen LogP contribution in [0.5, 0.6) is 0 Å².